The van der Waals surface area contributed by atoms with Gasteiger partial charge in [-0.05, 0) is 48.5 Å². The van der Waals surface area contributed by atoms with Gasteiger partial charge in [-0.3, -0.25) is 0 Å². The quantitative estimate of drug-likeness (QED) is 0.247. The molecule has 3 heteroatoms. The maximum Gasteiger partial charge on any atom is 0.139 e. The Hall–Kier alpha value is -4.13. The molecule has 6 aromatic rings. The lowest BCUT2D eigenvalue weighted by atomic mass is 10.0. The molecule has 0 bridgehead atoms. The predicted octanol–water partition coefficient (Wildman–Crippen LogP) is 6.97. The van der Waals surface area contributed by atoms with Gasteiger partial charge in [0.1, 0.15) is 34.6 Å². The molecule has 180 valence electrons. The largest absolute Gasteiger partial charge is 0.508 e. The molecule has 0 fully saturated rings. The minimum absolute atomic E-state index is 0.105. The zero-order valence-electron chi connectivity index (χ0n) is 20.8. The standard InChI is InChI=1S/C34H28NOP/c1-35-25-31(29-21-11-13-23-32(29)35)34(30-22-12-14-24-33(30)36)37(26-15-5-2-6-16-26,27-17-7-3-8-18-27)28-19-9-4-10-20-28/h2-25,34H,1H3/p+1. The fourth-order valence-corrected chi connectivity index (χ4v) is 10.8. The Bertz CT molecular complexity index is 1540. The van der Waals surface area contributed by atoms with Crippen LogP contribution in [0.25, 0.3) is 10.9 Å². The van der Waals surface area contributed by atoms with Crippen molar-refractivity contribution in [3.63, 3.8) is 0 Å². The van der Waals surface area contributed by atoms with Gasteiger partial charge in [0.25, 0.3) is 0 Å². The topological polar surface area (TPSA) is 25.2 Å². The minimum Gasteiger partial charge on any atom is -0.508 e. The summed E-state index contributed by atoms with van der Waals surface area (Å²) in [6.07, 6.45) is 2.27. The van der Waals surface area contributed by atoms with Gasteiger partial charge in [-0.15, -0.1) is 0 Å². The van der Waals surface area contributed by atoms with E-state index in [9.17, 15) is 5.11 Å². The molecule has 6 rings (SSSR count). The van der Waals surface area contributed by atoms with Crippen LogP contribution in [-0.4, -0.2) is 9.67 Å². The zero-order valence-corrected chi connectivity index (χ0v) is 21.7. The van der Waals surface area contributed by atoms with Crippen LogP contribution in [0.1, 0.15) is 16.8 Å². The van der Waals surface area contributed by atoms with E-state index in [0.29, 0.717) is 5.75 Å². The van der Waals surface area contributed by atoms with Gasteiger partial charge in [-0.2, -0.15) is 0 Å². The van der Waals surface area contributed by atoms with Gasteiger partial charge in [0.2, 0.25) is 0 Å². The van der Waals surface area contributed by atoms with Crippen molar-refractivity contribution in [2.75, 3.05) is 0 Å². The number of aryl methyl sites for hydroxylation is 1. The summed E-state index contributed by atoms with van der Waals surface area (Å²) in [5.41, 5.74) is 3.26. The van der Waals surface area contributed by atoms with Crippen molar-refractivity contribution in [2.24, 2.45) is 7.05 Å². The molecule has 1 aromatic heterocycles. The molecule has 37 heavy (non-hydrogen) atoms. The summed E-state index contributed by atoms with van der Waals surface area (Å²) in [5, 5.41) is 16.5. The highest BCUT2D eigenvalue weighted by atomic mass is 31.2. The fourth-order valence-electron chi connectivity index (χ4n) is 5.78. The Balaban J connectivity index is 1.83. The molecule has 1 unspecified atom stereocenters. The van der Waals surface area contributed by atoms with Crippen molar-refractivity contribution in [1.82, 2.24) is 4.57 Å². The summed E-state index contributed by atoms with van der Waals surface area (Å²) in [7, 11) is -0.286. The number of benzene rings is 5. The van der Waals surface area contributed by atoms with Crippen molar-refractivity contribution in [2.45, 2.75) is 5.66 Å². The third-order valence-corrected chi connectivity index (χ3v) is 12.0. The van der Waals surface area contributed by atoms with E-state index >= 15 is 0 Å². The third-order valence-electron chi connectivity index (χ3n) is 7.33. The number of hydrogen-bond donors (Lipinski definition) is 1. The number of para-hydroxylation sites is 2. The lowest BCUT2D eigenvalue weighted by Crippen LogP contribution is -2.35. The zero-order chi connectivity index (χ0) is 25.2. The van der Waals surface area contributed by atoms with Gasteiger partial charge < -0.3 is 9.67 Å². The van der Waals surface area contributed by atoms with E-state index in [2.05, 4.69) is 139 Å². The van der Waals surface area contributed by atoms with Gasteiger partial charge in [0, 0.05) is 35.3 Å². The summed E-state index contributed by atoms with van der Waals surface area (Å²) in [5.74, 6) is 0.326. The molecule has 0 aliphatic heterocycles. The lowest BCUT2D eigenvalue weighted by Gasteiger charge is -2.35. The average molecular weight is 499 g/mol. The van der Waals surface area contributed by atoms with E-state index < -0.39 is 7.26 Å². The highest BCUT2D eigenvalue weighted by Gasteiger charge is 2.55. The Morgan fingerprint density at radius 3 is 1.54 bits per heavy atom. The number of hydrogen-bond acceptors (Lipinski definition) is 1. The molecule has 1 heterocycles. The Kier molecular flexibility index (Phi) is 6.12. The van der Waals surface area contributed by atoms with E-state index in [0.717, 1.165) is 5.56 Å². The fraction of sp³-hybridized carbons (Fsp3) is 0.0588. The van der Waals surface area contributed by atoms with Crippen molar-refractivity contribution < 1.29 is 5.11 Å². The molecular formula is C34H29NOP+. The van der Waals surface area contributed by atoms with Crippen LogP contribution in [0.2, 0.25) is 0 Å². The van der Waals surface area contributed by atoms with Gasteiger partial charge in [-0.25, -0.2) is 0 Å². The first-order valence-electron chi connectivity index (χ1n) is 12.6. The molecule has 0 saturated carbocycles. The lowest BCUT2D eigenvalue weighted by molar-refractivity contribution is 0.469. The van der Waals surface area contributed by atoms with Gasteiger partial charge in [0.15, 0.2) is 0 Å². The van der Waals surface area contributed by atoms with Crippen molar-refractivity contribution >= 4 is 34.1 Å². The Morgan fingerprint density at radius 2 is 1.00 bits per heavy atom. The molecule has 0 spiro atoms. The van der Waals surface area contributed by atoms with Crippen LogP contribution in [0.4, 0.5) is 0 Å². The number of nitrogens with zero attached hydrogens (tertiary/aromatic N) is 1. The van der Waals surface area contributed by atoms with Crippen LogP contribution in [0.15, 0.2) is 146 Å². The summed E-state index contributed by atoms with van der Waals surface area (Å²) in [4.78, 5) is 0. The van der Waals surface area contributed by atoms with Gasteiger partial charge in [-0.1, -0.05) is 91.0 Å². The van der Waals surface area contributed by atoms with Crippen LogP contribution in [0.3, 0.4) is 0 Å². The van der Waals surface area contributed by atoms with Crippen LogP contribution in [0.5, 0.6) is 5.75 Å². The molecule has 1 N–H and O–H groups in total. The minimum atomic E-state index is -2.40. The molecule has 2 nitrogen and oxygen atoms in total. The highest BCUT2D eigenvalue weighted by Crippen LogP contribution is 2.70. The van der Waals surface area contributed by atoms with Crippen LogP contribution in [0, 0.1) is 0 Å². The SMILES string of the molecule is Cn1cc(C(c2ccccc2O)[P+](c2ccccc2)(c2ccccc2)c2ccccc2)c2ccccc21. The van der Waals surface area contributed by atoms with E-state index in [4.69, 9.17) is 0 Å². The molecule has 0 amide bonds. The smallest absolute Gasteiger partial charge is 0.139 e. The number of phenolic OH excluding ortho intramolecular Hbond substituents is 1. The number of rotatable bonds is 6. The summed E-state index contributed by atoms with van der Waals surface area (Å²) < 4.78 is 2.22. The number of phenols is 1. The molecule has 1 atom stereocenters. The first-order chi connectivity index (χ1) is 18.2. The molecule has 0 aliphatic rings. The van der Waals surface area contributed by atoms with Crippen LogP contribution < -0.4 is 15.9 Å². The third kappa shape index (κ3) is 3.86. The molecular weight excluding hydrogens is 469 g/mol. The Morgan fingerprint density at radius 1 is 0.541 bits per heavy atom. The number of aromatic hydroxyl groups is 1. The second-order valence-corrected chi connectivity index (χ2v) is 12.9. The van der Waals surface area contributed by atoms with Crippen molar-refractivity contribution in [3.05, 3.63) is 157 Å². The van der Waals surface area contributed by atoms with E-state index in [1.54, 1.807) is 0 Å². The monoisotopic (exact) mass is 498 g/mol. The molecule has 5 aromatic carbocycles. The highest BCUT2D eigenvalue weighted by molar-refractivity contribution is 7.96. The van der Waals surface area contributed by atoms with E-state index in [1.807, 2.05) is 18.2 Å². The van der Waals surface area contributed by atoms with Crippen LogP contribution >= 0.6 is 7.26 Å². The van der Waals surface area contributed by atoms with Crippen LogP contribution in [-0.2, 0) is 7.05 Å². The average Bonchev–Trinajstić information content (AvgIpc) is 3.29. The van der Waals surface area contributed by atoms with Gasteiger partial charge in [0.05, 0.1) is 0 Å². The van der Waals surface area contributed by atoms with E-state index in [1.165, 1.54) is 32.4 Å². The molecule has 0 saturated heterocycles. The first-order valence-corrected chi connectivity index (χ1v) is 14.4. The maximum atomic E-state index is 11.4. The second kappa shape index (κ2) is 9.73. The van der Waals surface area contributed by atoms with E-state index in [-0.39, 0.29) is 5.66 Å². The molecule has 0 aliphatic carbocycles. The van der Waals surface area contributed by atoms with Gasteiger partial charge >= 0.3 is 0 Å². The maximum absolute atomic E-state index is 11.4. The second-order valence-electron chi connectivity index (χ2n) is 9.40. The normalized spacial score (nSPS) is 12.5. The number of aromatic nitrogens is 1. The molecule has 0 radical (unpaired) electrons. The van der Waals surface area contributed by atoms with Crippen molar-refractivity contribution in [1.29, 1.82) is 0 Å². The predicted molar refractivity (Wildman–Crippen MR) is 158 cm³/mol. The first kappa shape index (κ1) is 23.3. The summed E-state index contributed by atoms with van der Waals surface area (Å²) in [6, 6.07) is 49.2. The Labute approximate surface area is 218 Å². The summed E-state index contributed by atoms with van der Waals surface area (Å²) in [6.45, 7) is 0. The van der Waals surface area contributed by atoms with Crippen molar-refractivity contribution in [3.8, 4) is 5.75 Å². The summed E-state index contributed by atoms with van der Waals surface area (Å²) >= 11 is 0. The number of fused-ring (bicyclic) bond motifs is 1.